The molecule has 0 radical (unpaired) electrons. The first-order valence-electron chi connectivity index (χ1n) is 8.42. The molecule has 28 heavy (non-hydrogen) atoms. The molecule has 2 rings (SSSR count). The number of halogens is 4. The quantitative estimate of drug-likeness (QED) is 0.422. The van der Waals surface area contributed by atoms with Gasteiger partial charge in [0.2, 0.25) is 0 Å². The van der Waals surface area contributed by atoms with Crippen LogP contribution in [0, 0.1) is 10.1 Å². The van der Waals surface area contributed by atoms with E-state index in [2.05, 4.69) is 0 Å². The summed E-state index contributed by atoms with van der Waals surface area (Å²) in [6.45, 7) is 4.60. The topological polar surface area (TPSA) is 81.9 Å². The van der Waals surface area contributed by atoms with Gasteiger partial charge in [-0.1, -0.05) is 0 Å². The van der Waals surface area contributed by atoms with Gasteiger partial charge in [0.15, 0.2) is 6.17 Å². The summed E-state index contributed by atoms with van der Waals surface area (Å²) in [5.74, 6) is -0.698. The van der Waals surface area contributed by atoms with Gasteiger partial charge in [-0.3, -0.25) is 10.1 Å². The summed E-state index contributed by atoms with van der Waals surface area (Å²) in [5.41, 5.74) is -2.88. The van der Waals surface area contributed by atoms with Gasteiger partial charge < -0.3 is 14.4 Å². The highest BCUT2D eigenvalue weighted by Gasteiger charge is 2.39. The Labute approximate surface area is 158 Å². The van der Waals surface area contributed by atoms with Crippen LogP contribution in [-0.4, -0.2) is 46.9 Å². The van der Waals surface area contributed by atoms with Crippen molar-refractivity contribution in [3.63, 3.8) is 0 Å². The fourth-order valence-electron chi connectivity index (χ4n) is 2.63. The smallest absolute Gasteiger partial charge is 0.420 e. The van der Waals surface area contributed by atoms with E-state index in [1.807, 2.05) is 0 Å². The van der Waals surface area contributed by atoms with E-state index in [4.69, 9.17) is 9.47 Å². The SMILES string of the molecule is CC(C)(C)OC(=O)N1CC[C@H](Oc2ccc([N+](=O)[O-])cc2C(F)(F)F)C(F)C1. The normalized spacial score (nSPS) is 20.6. The van der Waals surface area contributed by atoms with Crippen molar-refractivity contribution in [2.75, 3.05) is 13.1 Å². The molecule has 156 valence electrons. The Morgan fingerprint density at radius 1 is 1.29 bits per heavy atom. The molecule has 1 aromatic carbocycles. The van der Waals surface area contributed by atoms with Crippen LogP contribution < -0.4 is 4.74 Å². The summed E-state index contributed by atoms with van der Waals surface area (Å²) in [7, 11) is 0. The minimum Gasteiger partial charge on any atom is -0.487 e. The third kappa shape index (κ3) is 5.46. The van der Waals surface area contributed by atoms with Gasteiger partial charge in [-0.15, -0.1) is 0 Å². The number of amides is 1. The van der Waals surface area contributed by atoms with E-state index < -0.39 is 58.6 Å². The van der Waals surface area contributed by atoms with Crippen molar-refractivity contribution in [1.82, 2.24) is 4.90 Å². The second kappa shape index (κ2) is 7.80. The summed E-state index contributed by atoms with van der Waals surface area (Å²) in [4.78, 5) is 22.9. The molecular formula is C17H20F4N2O5. The third-order valence-corrected chi connectivity index (χ3v) is 3.89. The maximum Gasteiger partial charge on any atom is 0.420 e. The number of nitro groups is 1. The molecule has 0 bridgehead atoms. The predicted octanol–water partition coefficient (Wildman–Crippen LogP) is 4.34. The molecule has 1 fully saturated rings. The maximum atomic E-state index is 14.4. The lowest BCUT2D eigenvalue weighted by atomic mass is 10.1. The van der Waals surface area contributed by atoms with Crippen molar-refractivity contribution >= 4 is 11.8 Å². The highest BCUT2D eigenvalue weighted by Crippen LogP contribution is 2.39. The van der Waals surface area contributed by atoms with E-state index in [0.29, 0.717) is 6.07 Å². The first kappa shape index (κ1) is 21.7. The van der Waals surface area contributed by atoms with Crippen LogP contribution in [0.3, 0.4) is 0 Å². The largest absolute Gasteiger partial charge is 0.487 e. The molecule has 2 atom stereocenters. The Morgan fingerprint density at radius 2 is 1.93 bits per heavy atom. The highest BCUT2D eigenvalue weighted by molar-refractivity contribution is 5.68. The van der Waals surface area contributed by atoms with E-state index in [9.17, 15) is 32.5 Å². The predicted molar refractivity (Wildman–Crippen MR) is 89.8 cm³/mol. The van der Waals surface area contributed by atoms with Gasteiger partial charge in [0.05, 0.1) is 11.5 Å². The lowest BCUT2D eigenvalue weighted by Gasteiger charge is -2.35. The van der Waals surface area contributed by atoms with Crippen molar-refractivity contribution in [1.29, 1.82) is 0 Å². The zero-order chi connectivity index (χ0) is 21.3. The number of hydrogen-bond donors (Lipinski definition) is 0. The van der Waals surface area contributed by atoms with Gasteiger partial charge in [-0.2, -0.15) is 13.2 Å². The number of carbonyl (C=O) groups is 1. The number of alkyl halides is 4. The minimum atomic E-state index is -4.91. The lowest BCUT2D eigenvalue weighted by Crippen LogP contribution is -2.50. The lowest BCUT2D eigenvalue weighted by molar-refractivity contribution is -0.385. The van der Waals surface area contributed by atoms with Crippen LogP contribution in [0.1, 0.15) is 32.8 Å². The molecule has 1 heterocycles. The van der Waals surface area contributed by atoms with Crippen LogP contribution in [-0.2, 0) is 10.9 Å². The number of rotatable bonds is 3. The van der Waals surface area contributed by atoms with Gasteiger partial charge in [-0.25, -0.2) is 9.18 Å². The first-order chi connectivity index (χ1) is 12.8. The Morgan fingerprint density at radius 3 is 2.43 bits per heavy atom. The standard InChI is InChI=1S/C17H20F4N2O5/c1-16(2,3)28-15(24)22-7-6-14(12(18)9-22)27-13-5-4-10(23(25)26)8-11(13)17(19,20)21/h4-5,8,12,14H,6-7,9H2,1-3H3/t12?,14-/m0/s1. The van der Waals surface area contributed by atoms with Crippen molar-refractivity contribution in [2.24, 2.45) is 0 Å². The Kier molecular flexibility index (Phi) is 6.05. The number of nitro benzene ring substituents is 1. The van der Waals surface area contributed by atoms with Crippen LogP contribution in [0.4, 0.5) is 28.0 Å². The number of benzene rings is 1. The van der Waals surface area contributed by atoms with Crippen molar-refractivity contribution in [3.05, 3.63) is 33.9 Å². The summed E-state index contributed by atoms with van der Waals surface area (Å²) >= 11 is 0. The Balaban J connectivity index is 2.13. The molecular weight excluding hydrogens is 388 g/mol. The average molecular weight is 408 g/mol. The van der Waals surface area contributed by atoms with Crippen LogP contribution in [0.5, 0.6) is 5.75 Å². The number of carbonyl (C=O) groups excluding carboxylic acids is 1. The Hall–Kier alpha value is -2.59. The number of piperidine rings is 1. The molecule has 11 heteroatoms. The molecule has 7 nitrogen and oxygen atoms in total. The number of non-ortho nitro benzene ring substituents is 1. The highest BCUT2D eigenvalue weighted by atomic mass is 19.4. The second-order valence-corrected chi connectivity index (χ2v) is 7.32. The molecule has 1 unspecified atom stereocenters. The fourth-order valence-corrected chi connectivity index (χ4v) is 2.63. The van der Waals surface area contributed by atoms with Gasteiger partial charge in [0.25, 0.3) is 5.69 Å². The molecule has 1 saturated heterocycles. The number of nitrogens with zero attached hydrogens (tertiary/aromatic N) is 2. The van der Waals surface area contributed by atoms with E-state index in [0.717, 1.165) is 17.0 Å². The number of hydrogen-bond acceptors (Lipinski definition) is 5. The summed E-state index contributed by atoms with van der Waals surface area (Å²) in [5, 5.41) is 10.7. The van der Waals surface area contributed by atoms with E-state index in [1.165, 1.54) is 0 Å². The van der Waals surface area contributed by atoms with Crippen LogP contribution in [0.2, 0.25) is 0 Å². The molecule has 0 aliphatic carbocycles. The van der Waals surface area contributed by atoms with E-state index in [1.54, 1.807) is 20.8 Å². The first-order valence-corrected chi connectivity index (χ1v) is 8.42. The zero-order valence-electron chi connectivity index (χ0n) is 15.5. The summed E-state index contributed by atoms with van der Waals surface area (Å²) in [6.07, 6.45) is -8.68. The second-order valence-electron chi connectivity index (χ2n) is 7.32. The van der Waals surface area contributed by atoms with Crippen LogP contribution in [0.15, 0.2) is 18.2 Å². The summed E-state index contributed by atoms with van der Waals surface area (Å²) in [6, 6.07) is 2.00. The summed E-state index contributed by atoms with van der Waals surface area (Å²) < 4.78 is 64.4. The molecule has 0 saturated carbocycles. The van der Waals surface area contributed by atoms with Crippen molar-refractivity contribution in [2.45, 2.75) is 51.2 Å². The van der Waals surface area contributed by atoms with Gasteiger partial charge in [0, 0.05) is 25.1 Å². The fraction of sp³-hybridized carbons (Fsp3) is 0.588. The molecule has 0 aromatic heterocycles. The monoisotopic (exact) mass is 408 g/mol. The molecule has 1 amide bonds. The van der Waals surface area contributed by atoms with E-state index >= 15 is 0 Å². The molecule has 0 N–H and O–H groups in total. The Bertz CT molecular complexity index is 748. The number of ether oxygens (including phenoxy) is 2. The van der Waals surface area contributed by atoms with E-state index in [-0.39, 0.29) is 13.0 Å². The minimum absolute atomic E-state index is 0.0360. The van der Waals surface area contributed by atoms with Crippen LogP contribution >= 0.6 is 0 Å². The third-order valence-electron chi connectivity index (χ3n) is 3.89. The molecule has 1 aromatic rings. The average Bonchev–Trinajstić information content (AvgIpc) is 2.54. The van der Waals surface area contributed by atoms with Gasteiger partial charge in [0.1, 0.15) is 23.0 Å². The van der Waals surface area contributed by atoms with Crippen LogP contribution in [0.25, 0.3) is 0 Å². The van der Waals surface area contributed by atoms with Crippen molar-refractivity contribution < 1.29 is 36.8 Å². The zero-order valence-corrected chi connectivity index (χ0v) is 15.5. The van der Waals surface area contributed by atoms with Crippen molar-refractivity contribution in [3.8, 4) is 5.75 Å². The molecule has 1 aliphatic rings. The van der Waals surface area contributed by atoms with Gasteiger partial charge >= 0.3 is 12.3 Å². The molecule has 0 spiro atoms. The number of likely N-dealkylation sites (tertiary alicyclic amines) is 1. The maximum absolute atomic E-state index is 14.4. The molecule has 1 aliphatic heterocycles. The van der Waals surface area contributed by atoms with Gasteiger partial charge in [-0.05, 0) is 26.8 Å².